The normalized spacial score (nSPS) is 11.0. The summed E-state index contributed by atoms with van der Waals surface area (Å²) < 4.78 is 1.87. The number of thioether (sulfide) groups is 1. The summed E-state index contributed by atoms with van der Waals surface area (Å²) in [6.45, 7) is 0. The van der Waals surface area contributed by atoms with E-state index in [-0.39, 0.29) is 0 Å². The van der Waals surface area contributed by atoms with Crippen molar-refractivity contribution >= 4 is 34.1 Å². The van der Waals surface area contributed by atoms with Crippen molar-refractivity contribution in [1.29, 1.82) is 5.41 Å². The lowest BCUT2D eigenvalue weighted by Gasteiger charge is -2.05. The Balaban J connectivity index is 1.94. The van der Waals surface area contributed by atoms with E-state index < -0.39 is 0 Å². The molecule has 0 saturated heterocycles. The van der Waals surface area contributed by atoms with E-state index >= 15 is 0 Å². The molecule has 3 rings (SSSR count). The summed E-state index contributed by atoms with van der Waals surface area (Å²) in [6, 6.07) is 25.9. The summed E-state index contributed by atoms with van der Waals surface area (Å²) in [5.41, 5.74) is 2.71. The van der Waals surface area contributed by atoms with Crippen LogP contribution < -0.4 is 4.57 Å². The molecule has 0 radical (unpaired) electrons. The molecule has 0 atom stereocenters. The largest absolute Gasteiger partial charge is 0.305 e. The second-order valence-corrected chi connectivity index (χ2v) is 6.25. The van der Waals surface area contributed by atoms with Gasteiger partial charge in [0.15, 0.2) is 17.4 Å². The number of rotatable bonds is 5. The van der Waals surface area contributed by atoms with Gasteiger partial charge in [0, 0.05) is 17.9 Å². The van der Waals surface area contributed by atoms with Crippen LogP contribution in [0.5, 0.6) is 0 Å². The SMILES string of the molecule is N=C=C(C(=Nc1ccccc1)SCc1ccccc1)[n+]1ccccc1. The first kappa shape index (κ1) is 16.9. The number of para-hydroxylation sites is 1. The number of hydrogen-bond acceptors (Lipinski definition) is 3. The first-order chi connectivity index (χ1) is 12.4. The van der Waals surface area contributed by atoms with Crippen LogP contribution in [-0.2, 0) is 5.75 Å². The van der Waals surface area contributed by atoms with Gasteiger partial charge in [-0.1, -0.05) is 66.4 Å². The Bertz CT molecular complexity index is 884. The van der Waals surface area contributed by atoms with Crippen molar-refractivity contribution in [3.63, 3.8) is 0 Å². The monoisotopic (exact) mass is 344 g/mol. The number of benzene rings is 2. The lowest BCUT2D eigenvalue weighted by Crippen LogP contribution is -2.35. The number of pyridine rings is 1. The van der Waals surface area contributed by atoms with Crippen LogP contribution >= 0.6 is 11.8 Å². The van der Waals surface area contributed by atoms with Gasteiger partial charge < -0.3 is 0 Å². The second-order valence-electron chi connectivity index (χ2n) is 5.28. The zero-order chi connectivity index (χ0) is 17.3. The number of nitrogens with zero attached hydrogens (tertiary/aromatic N) is 2. The standard InChI is InChI=1S/C21H18N3S/c22-16-20(24-14-8-3-9-15-24)21(23-19-12-6-2-7-13-19)25-17-18-10-4-1-5-11-18/h1-15,22H,17H2/q+1. The van der Waals surface area contributed by atoms with E-state index in [2.05, 4.69) is 18.0 Å². The van der Waals surface area contributed by atoms with Crippen molar-refractivity contribution in [2.75, 3.05) is 0 Å². The number of nitrogens with one attached hydrogen (secondary N) is 1. The van der Waals surface area contributed by atoms with Crippen molar-refractivity contribution in [2.24, 2.45) is 4.99 Å². The minimum atomic E-state index is 0.630. The van der Waals surface area contributed by atoms with Gasteiger partial charge in [0.1, 0.15) is 0 Å². The van der Waals surface area contributed by atoms with Gasteiger partial charge in [-0.25, -0.2) is 4.99 Å². The molecule has 2 aromatic carbocycles. The molecular formula is C21H18N3S+. The predicted molar refractivity (Wildman–Crippen MR) is 105 cm³/mol. The van der Waals surface area contributed by atoms with Crippen molar-refractivity contribution in [3.8, 4) is 0 Å². The molecule has 1 heterocycles. The molecule has 0 amide bonds. The Kier molecular flexibility index (Phi) is 5.94. The highest BCUT2D eigenvalue weighted by molar-refractivity contribution is 8.14. The van der Waals surface area contributed by atoms with E-state index in [4.69, 9.17) is 10.4 Å². The van der Waals surface area contributed by atoms with Crippen LogP contribution in [0.25, 0.3) is 5.70 Å². The van der Waals surface area contributed by atoms with Crippen molar-refractivity contribution in [2.45, 2.75) is 5.75 Å². The maximum atomic E-state index is 7.77. The van der Waals surface area contributed by atoms with Crippen LogP contribution in [0.4, 0.5) is 5.69 Å². The molecule has 3 aromatic rings. The number of aromatic nitrogens is 1. The topological polar surface area (TPSA) is 40.1 Å². The van der Waals surface area contributed by atoms with E-state index in [1.54, 1.807) is 11.8 Å². The summed E-state index contributed by atoms with van der Waals surface area (Å²) in [5.74, 6) is 3.34. The molecule has 1 N–H and O–H groups in total. The molecular weight excluding hydrogens is 326 g/mol. The van der Waals surface area contributed by atoms with Gasteiger partial charge in [-0.2, -0.15) is 4.57 Å². The molecule has 0 aliphatic carbocycles. The fourth-order valence-corrected chi connectivity index (χ4v) is 3.23. The first-order valence-corrected chi connectivity index (χ1v) is 8.92. The fraction of sp³-hybridized carbons (Fsp3) is 0.0476. The summed E-state index contributed by atoms with van der Waals surface area (Å²) in [5, 5.41) is 8.54. The minimum absolute atomic E-state index is 0.630. The summed E-state index contributed by atoms with van der Waals surface area (Å²) in [6.07, 6.45) is 3.81. The molecule has 25 heavy (non-hydrogen) atoms. The highest BCUT2D eigenvalue weighted by Gasteiger charge is 2.19. The third-order valence-corrected chi connectivity index (χ3v) is 4.54. The highest BCUT2D eigenvalue weighted by atomic mass is 32.2. The van der Waals surface area contributed by atoms with Gasteiger partial charge in [-0.3, -0.25) is 5.41 Å². The lowest BCUT2D eigenvalue weighted by molar-refractivity contribution is -0.574. The Labute approximate surface area is 151 Å². The summed E-state index contributed by atoms with van der Waals surface area (Å²) >= 11 is 1.61. The van der Waals surface area contributed by atoms with E-state index in [1.165, 1.54) is 5.56 Å². The molecule has 0 bridgehead atoms. The van der Waals surface area contributed by atoms with Gasteiger partial charge in [-0.15, -0.1) is 0 Å². The maximum absolute atomic E-state index is 7.77. The Morgan fingerprint density at radius 1 is 0.880 bits per heavy atom. The fourth-order valence-electron chi connectivity index (χ4n) is 2.28. The van der Waals surface area contributed by atoms with Crippen LogP contribution in [0.1, 0.15) is 5.56 Å². The van der Waals surface area contributed by atoms with Gasteiger partial charge in [-0.05, 0) is 17.7 Å². The Morgan fingerprint density at radius 2 is 1.48 bits per heavy atom. The van der Waals surface area contributed by atoms with Crippen LogP contribution in [0.15, 0.2) is 96.2 Å². The molecule has 3 nitrogen and oxygen atoms in total. The van der Waals surface area contributed by atoms with Gasteiger partial charge in [0.25, 0.3) is 0 Å². The van der Waals surface area contributed by atoms with E-state index in [0.717, 1.165) is 16.5 Å². The van der Waals surface area contributed by atoms with E-state index in [9.17, 15) is 0 Å². The third-order valence-electron chi connectivity index (χ3n) is 3.50. The van der Waals surface area contributed by atoms with Crippen molar-refractivity contribution in [1.82, 2.24) is 0 Å². The molecule has 0 spiro atoms. The molecule has 0 aliphatic heterocycles. The molecule has 122 valence electrons. The number of aliphatic imine (C=N–C) groups is 1. The van der Waals surface area contributed by atoms with Crippen molar-refractivity contribution < 1.29 is 4.57 Å². The smallest absolute Gasteiger partial charge is 0.253 e. The third kappa shape index (κ3) is 4.77. The zero-order valence-electron chi connectivity index (χ0n) is 13.7. The van der Waals surface area contributed by atoms with Gasteiger partial charge in [0.05, 0.1) is 11.6 Å². The zero-order valence-corrected chi connectivity index (χ0v) is 14.5. The second kappa shape index (κ2) is 8.78. The lowest BCUT2D eigenvalue weighted by atomic mass is 10.2. The average molecular weight is 344 g/mol. The Hall–Kier alpha value is -2.94. The van der Waals surface area contributed by atoms with Gasteiger partial charge >= 0.3 is 5.70 Å². The van der Waals surface area contributed by atoms with Crippen LogP contribution in [0.3, 0.4) is 0 Å². The summed E-state index contributed by atoms with van der Waals surface area (Å²) in [4.78, 5) is 4.76. The summed E-state index contributed by atoms with van der Waals surface area (Å²) in [7, 11) is 0. The molecule has 0 unspecified atom stereocenters. The maximum Gasteiger partial charge on any atom is 0.305 e. The van der Waals surface area contributed by atoms with Crippen LogP contribution in [0.2, 0.25) is 0 Å². The molecule has 0 saturated carbocycles. The Morgan fingerprint density at radius 3 is 2.12 bits per heavy atom. The quantitative estimate of drug-likeness (QED) is 0.406. The molecule has 0 fully saturated rings. The first-order valence-electron chi connectivity index (χ1n) is 7.94. The number of hydrogen-bond donors (Lipinski definition) is 1. The van der Waals surface area contributed by atoms with E-state index in [1.807, 2.05) is 83.7 Å². The predicted octanol–water partition coefficient (Wildman–Crippen LogP) is 4.73. The molecule has 1 aromatic heterocycles. The molecule has 0 aliphatic rings. The average Bonchev–Trinajstić information content (AvgIpc) is 2.69. The van der Waals surface area contributed by atoms with Crippen molar-refractivity contribution in [3.05, 3.63) is 96.8 Å². The minimum Gasteiger partial charge on any atom is -0.253 e. The van der Waals surface area contributed by atoms with Crippen LogP contribution in [0, 0.1) is 5.41 Å². The van der Waals surface area contributed by atoms with Crippen LogP contribution in [-0.4, -0.2) is 10.9 Å². The van der Waals surface area contributed by atoms with Gasteiger partial charge in [0.2, 0.25) is 0 Å². The highest BCUT2D eigenvalue weighted by Crippen LogP contribution is 2.22. The van der Waals surface area contributed by atoms with E-state index in [0.29, 0.717) is 5.70 Å². The molecule has 4 heteroatoms.